The van der Waals surface area contributed by atoms with Gasteiger partial charge in [0.2, 0.25) is 5.91 Å². The van der Waals surface area contributed by atoms with Crippen molar-refractivity contribution < 1.29 is 9.59 Å². The van der Waals surface area contributed by atoms with Gasteiger partial charge in [-0.15, -0.1) is 0 Å². The van der Waals surface area contributed by atoms with E-state index >= 15 is 0 Å². The molecule has 2 aromatic carbocycles. The first-order chi connectivity index (χ1) is 13.2. The van der Waals surface area contributed by atoms with E-state index in [4.69, 9.17) is 0 Å². The molecule has 3 rings (SSSR count). The van der Waals surface area contributed by atoms with E-state index < -0.39 is 6.03 Å². The number of hydrogen-bond acceptors (Lipinski definition) is 4. The highest BCUT2D eigenvalue weighted by atomic mass is 16.2. The first-order valence-corrected chi connectivity index (χ1v) is 9.39. The third kappa shape index (κ3) is 5.00. The van der Waals surface area contributed by atoms with Crippen molar-refractivity contribution >= 4 is 23.3 Å². The molecule has 142 valence electrons. The Morgan fingerprint density at radius 1 is 1.04 bits per heavy atom. The Kier molecular flexibility index (Phi) is 6.30. The van der Waals surface area contributed by atoms with Crippen molar-refractivity contribution in [3.05, 3.63) is 59.7 Å². The third-order valence-electron chi connectivity index (χ3n) is 4.60. The number of anilines is 2. The molecule has 0 spiro atoms. The fourth-order valence-electron chi connectivity index (χ4n) is 3.23. The summed E-state index contributed by atoms with van der Waals surface area (Å²) in [6, 6.07) is 16.0. The molecule has 3 amide bonds. The molecule has 3 N–H and O–H groups in total. The maximum absolute atomic E-state index is 12.0. The fourth-order valence-corrected chi connectivity index (χ4v) is 3.23. The maximum atomic E-state index is 12.0. The lowest BCUT2D eigenvalue weighted by Crippen LogP contribution is -2.42. The predicted octanol–water partition coefficient (Wildman–Crippen LogP) is 2.90. The minimum Gasteiger partial charge on any atom is -0.374 e. The second-order valence-electron chi connectivity index (χ2n) is 6.62. The van der Waals surface area contributed by atoms with Gasteiger partial charge in [0.15, 0.2) is 0 Å². The summed E-state index contributed by atoms with van der Waals surface area (Å²) in [6.07, 6.45) is 1.83. The SMILES string of the molecule is CCCNC(=O)NC(=O)CNc1ccccc1N1CCc2ccccc2C1. The summed E-state index contributed by atoms with van der Waals surface area (Å²) in [4.78, 5) is 25.9. The van der Waals surface area contributed by atoms with Crippen molar-refractivity contribution in [1.82, 2.24) is 10.6 Å². The number of amides is 3. The minimum atomic E-state index is -0.454. The topological polar surface area (TPSA) is 73.5 Å². The Morgan fingerprint density at radius 2 is 1.78 bits per heavy atom. The maximum Gasteiger partial charge on any atom is 0.321 e. The zero-order valence-corrected chi connectivity index (χ0v) is 15.6. The number of carbonyl (C=O) groups is 2. The van der Waals surface area contributed by atoms with Crippen LogP contribution in [0, 0.1) is 0 Å². The number of para-hydroxylation sites is 2. The molecule has 0 saturated carbocycles. The van der Waals surface area contributed by atoms with Crippen LogP contribution < -0.4 is 20.9 Å². The van der Waals surface area contributed by atoms with Crippen LogP contribution in [0.2, 0.25) is 0 Å². The Morgan fingerprint density at radius 3 is 2.59 bits per heavy atom. The van der Waals surface area contributed by atoms with Crippen molar-refractivity contribution in [2.45, 2.75) is 26.3 Å². The molecule has 1 heterocycles. The summed E-state index contributed by atoms with van der Waals surface area (Å²) in [5.74, 6) is -0.359. The van der Waals surface area contributed by atoms with Crippen LogP contribution in [-0.2, 0) is 17.8 Å². The average molecular weight is 366 g/mol. The van der Waals surface area contributed by atoms with Gasteiger partial charge in [-0.05, 0) is 36.1 Å². The first kappa shape index (κ1) is 18.8. The highest BCUT2D eigenvalue weighted by Gasteiger charge is 2.18. The second kappa shape index (κ2) is 9.07. The molecular weight excluding hydrogens is 340 g/mol. The summed E-state index contributed by atoms with van der Waals surface area (Å²) >= 11 is 0. The largest absolute Gasteiger partial charge is 0.374 e. The van der Waals surface area contributed by atoms with Gasteiger partial charge in [0.1, 0.15) is 0 Å². The van der Waals surface area contributed by atoms with E-state index in [1.54, 1.807) is 0 Å². The normalized spacial score (nSPS) is 12.9. The highest BCUT2D eigenvalue weighted by Crippen LogP contribution is 2.30. The summed E-state index contributed by atoms with van der Waals surface area (Å²) in [6.45, 7) is 4.33. The van der Waals surface area contributed by atoms with Gasteiger partial charge < -0.3 is 15.5 Å². The van der Waals surface area contributed by atoms with E-state index in [9.17, 15) is 9.59 Å². The number of fused-ring (bicyclic) bond motifs is 1. The van der Waals surface area contributed by atoms with Crippen molar-refractivity contribution in [2.24, 2.45) is 0 Å². The van der Waals surface area contributed by atoms with Crippen LogP contribution in [0.4, 0.5) is 16.2 Å². The molecule has 0 fully saturated rings. The van der Waals surface area contributed by atoms with Crippen molar-refractivity contribution in [3.8, 4) is 0 Å². The van der Waals surface area contributed by atoms with Gasteiger partial charge in [0.05, 0.1) is 17.9 Å². The Hall–Kier alpha value is -3.02. The molecule has 2 aromatic rings. The quantitative estimate of drug-likeness (QED) is 0.735. The number of benzene rings is 2. The van der Waals surface area contributed by atoms with E-state index in [1.165, 1.54) is 11.1 Å². The first-order valence-electron chi connectivity index (χ1n) is 9.39. The minimum absolute atomic E-state index is 0.0426. The third-order valence-corrected chi connectivity index (χ3v) is 4.60. The number of imide groups is 1. The molecular formula is C21H26N4O2. The van der Waals surface area contributed by atoms with Gasteiger partial charge in [-0.25, -0.2) is 4.79 Å². The standard InChI is InChI=1S/C21H26N4O2/c1-2-12-22-21(27)24-20(26)14-23-18-9-5-6-10-19(18)25-13-11-16-7-3-4-8-17(16)15-25/h3-10,23H,2,11-15H2,1H3,(H2,22,24,26,27). The summed E-state index contributed by atoms with van der Waals surface area (Å²) in [7, 11) is 0. The molecule has 1 aliphatic rings. The van der Waals surface area contributed by atoms with E-state index in [2.05, 4.69) is 51.2 Å². The summed E-state index contributed by atoms with van der Waals surface area (Å²) < 4.78 is 0. The number of carbonyl (C=O) groups excluding carboxylic acids is 2. The van der Waals surface area contributed by atoms with Crippen LogP contribution in [0.3, 0.4) is 0 Å². The van der Waals surface area contributed by atoms with Crippen LogP contribution >= 0.6 is 0 Å². The molecule has 27 heavy (non-hydrogen) atoms. The molecule has 6 heteroatoms. The zero-order chi connectivity index (χ0) is 19.1. The van der Waals surface area contributed by atoms with Crippen LogP contribution in [0.1, 0.15) is 24.5 Å². The van der Waals surface area contributed by atoms with Crippen molar-refractivity contribution in [1.29, 1.82) is 0 Å². The van der Waals surface area contributed by atoms with E-state index in [0.717, 1.165) is 37.3 Å². The van der Waals surface area contributed by atoms with Gasteiger partial charge in [-0.1, -0.05) is 43.3 Å². The highest BCUT2D eigenvalue weighted by molar-refractivity contribution is 5.96. The number of nitrogens with one attached hydrogen (secondary N) is 3. The second-order valence-corrected chi connectivity index (χ2v) is 6.62. The fraction of sp³-hybridized carbons (Fsp3) is 0.333. The predicted molar refractivity (Wildman–Crippen MR) is 108 cm³/mol. The van der Waals surface area contributed by atoms with Crippen LogP contribution in [0.5, 0.6) is 0 Å². The lowest BCUT2D eigenvalue weighted by molar-refractivity contribution is -0.118. The van der Waals surface area contributed by atoms with Crippen LogP contribution in [-0.4, -0.2) is 31.6 Å². The molecule has 0 bridgehead atoms. The molecule has 0 saturated heterocycles. The van der Waals surface area contributed by atoms with Crippen LogP contribution in [0.15, 0.2) is 48.5 Å². The van der Waals surface area contributed by atoms with Gasteiger partial charge in [0.25, 0.3) is 0 Å². The number of nitrogens with zero attached hydrogens (tertiary/aromatic N) is 1. The Balaban J connectivity index is 1.61. The van der Waals surface area contributed by atoms with Gasteiger partial charge >= 0.3 is 6.03 Å². The smallest absolute Gasteiger partial charge is 0.321 e. The molecule has 0 aromatic heterocycles. The van der Waals surface area contributed by atoms with Crippen LogP contribution in [0.25, 0.3) is 0 Å². The summed E-state index contributed by atoms with van der Waals surface area (Å²) in [5.41, 5.74) is 4.69. The van der Waals surface area contributed by atoms with Gasteiger partial charge in [0, 0.05) is 19.6 Å². The molecule has 1 aliphatic heterocycles. The zero-order valence-electron chi connectivity index (χ0n) is 15.6. The van der Waals surface area contributed by atoms with E-state index in [1.807, 2.05) is 25.1 Å². The number of urea groups is 1. The summed E-state index contributed by atoms with van der Waals surface area (Å²) in [5, 5.41) is 8.12. The lowest BCUT2D eigenvalue weighted by Gasteiger charge is -2.32. The van der Waals surface area contributed by atoms with Gasteiger partial charge in [-0.2, -0.15) is 0 Å². The van der Waals surface area contributed by atoms with Crippen molar-refractivity contribution in [3.63, 3.8) is 0 Å². The molecule has 0 unspecified atom stereocenters. The number of hydrogen-bond donors (Lipinski definition) is 3. The Bertz CT molecular complexity index is 806. The lowest BCUT2D eigenvalue weighted by atomic mass is 9.99. The number of rotatable bonds is 6. The van der Waals surface area contributed by atoms with Gasteiger partial charge in [-0.3, -0.25) is 10.1 Å². The average Bonchev–Trinajstić information content (AvgIpc) is 2.70. The monoisotopic (exact) mass is 366 g/mol. The molecule has 0 atom stereocenters. The Labute approximate surface area is 159 Å². The molecule has 6 nitrogen and oxygen atoms in total. The van der Waals surface area contributed by atoms with E-state index in [-0.39, 0.29) is 12.5 Å². The molecule has 0 aliphatic carbocycles. The van der Waals surface area contributed by atoms with E-state index in [0.29, 0.717) is 6.54 Å². The molecule has 0 radical (unpaired) electrons. The van der Waals surface area contributed by atoms with Crippen molar-refractivity contribution in [2.75, 3.05) is 29.9 Å².